The third-order valence-corrected chi connectivity index (χ3v) is 6.16. The molecular weight excluding hydrogens is 538 g/mol. The van der Waals surface area contributed by atoms with E-state index in [1.165, 1.54) is 5.12 Å². The Balaban J connectivity index is 2.09. The van der Waals surface area contributed by atoms with Crippen LogP contribution in [0.3, 0.4) is 0 Å². The number of hydrogen-bond donors (Lipinski definition) is 0. The molecule has 1 aliphatic rings. The molecule has 3 aromatic carbocycles. The van der Waals surface area contributed by atoms with Gasteiger partial charge in [-0.1, -0.05) is 76.6 Å². The number of hydrogen-bond acceptors (Lipinski definition) is 8. The van der Waals surface area contributed by atoms with Gasteiger partial charge >= 0.3 is 11.9 Å². The van der Waals surface area contributed by atoms with E-state index in [0.717, 1.165) is 4.47 Å². The number of rotatable bonds is 8. The van der Waals surface area contributed by atoms with Gasteiger partial charge in [0, 0.05) is 4.47 Å². The van der Waals surface area contributed by atoms with Gasteiger partial charge in [-0.25, -0.2) is 4.79 Å². The van der Waals surface area contributed by atoms with Gasteiger partial charge in [0.2, 0.25) is 5.41 Å². The molecule has 0 fully saturated rings. The predicted molar refractivity (Wildman–Crippen MR) is 143 cm³/mol. The number of carbonyl (C=O) groups excluding carboxylic acids is 3. The molecule has 9 heteroatoms. The number of nitrogens with zero attached hydrogens (tertiary/aromatic N) is 3. The lowest BCUT2D eigenvalue weighted by Gasteiger charge is -2.36. The number of esters is 2. The highest BCUT2D eigenvalue weighted by molar-refractivity contribution is 9.10. The molecule has 0 aromatic heterocycles. The first-order valence-electron chi connectivity index (χ1n) is 11.7. The van der Waals surface area contributed by atoms with Crippen molar-refractivity contribution in [2.24, 2.45) is 15.6 Å². The van der Waals surface area contributed by atoms with Crippen LogP contribution in [-0.2, 0) is 23.9 Å². The Kier molecular flexibility index (Phi) is 7.93. The largest absolute Gasteiger partial charge is 0.465 e. The average Bonchev–Trinajstić information content (AvgIpc) is 2.93. The summed E-state index contributed by atoms with van der Waals surface area (Å²) < 4.78 is 11.4. The summed E-state index contributed by atoms with van der Waals surface area (Å²) in [7, 11) is 0. The fourth-order valence-electron chi connectivity index (χ4n) is 3.99. The molecule has 8 nitrogen and oxygen atoms in total. The third kappa shape index (κ3) is 4.95. The van der Waals surface area contributed by atoms with Gasteiger partial charge in [-0.05, 0) is 49.2 Å². The molecule has 0 atom stereocenters. The minimum absolute atomic E-state index is 0.00127. The SMILES string of the molecule is CCOC(=O)C(=O)C1(C(=O)OCC)C(c2ccccc2)=NN(c2ccc(Br)cc2)N=C1c1ccccc1. The first-order valence-corrected chi connectivity index (χ1v) is 12.5. The normalized spacial score (nSPS) is 14.3. The summed E-state index contributed by atoms with van der Waals surface area (Å²) in [4.78, 5) is 40.9. The second kappa shape index (κ2) is 11.3. The number of benzene rings is 3. The van der Waals surface area contributed by atoms with E-state index in [-0.39, 0.29) is 24.6 Å². The molecule has 0 aliphatic carbocycles. The van der Waals surface area contributed by atoms with E-state index < -0.39 is 23.1 Å². The van der Waals surface area contributed by atoms with Crippen molar-refractivity contribution < 1.29 is 23.9 Å². The van der Waals surface area contributed by atoms with Gasteiger partial charge in [0.25, 0.3) is 5.78 Å². The molecule has 1 heterocycles. The maximum atomic E-state index is 14.0. The lowest BCUT2D eigenvalue weighted by Crippen LogP contribution is -2.59. The fraction of sp³-hybridized carbons (Fsp3) is 0.179. The number of ketones is 1. The first-order chi connectivity index (χ1) is 17.9. The third-order valence-electron chi connectivity index (χ3n) is 5.63. The number of Topliss-reactive ketones (excluding diaryl/α,β-unsaturated/α-hetero) is 1. The Bertz CT molecular complexity index is 1300. The molecule has 0 N–H and O–H groups in total. The minimum Gasteiger partial charge on any atom is -0.465 e. The Hall–Kier alpha value is -4.11. The summed E-state index contributed by atoms with van der Waals surface area (Å²) in [6, 6.07) is 24.6. The van der Waals surface area contributed by atoms with Crippen molar-refractivity contribution in [2.75, 3.05) is 18.3 Å². The van der Waals surface area contributed by atoms with Crippen LogP contribution in [0.1, 0.15) is 25.0 Å². The van der Waals surface area contributed by atoms with Gasteiger partial charge in [0.05, 0.1) is 18.9 Å². The van der Waals surface area contributed by atoms with Crippen LogP contribution >= 0.6 is 15.9 Å². The highest BCUT2D eigenvalue weighted by atomic mass is 79.9. The predicted octanol–water partition coefficient (Wildman–Crippen LogP) is 4.76. The van der Waals surface area contributed by atoms with Crippen LogP contribution in [0, 0.1) is 5.41 Å². The number of ether oxygens (including phenoxy) is 2. The van der Waals surface area contributed by atoms with E-state index in [1.807, 2.05) is 12.1 Å². The highest BCUT2D eigenvalue weighted by Gasteiger charge is 2.61. The van der Waals surface area contributed by atoms with Gasteiger partial charge in [-0.3, -0.25) is 9.59 Å². The van der Waals surface area contributed by atoms with E-state index in [2.05, 4.69) is 26.1 Å². The van der Waals surface area contributed by atoms with Crippen molar-refractivity contribution >= 4 is 50.8 Å². The molecule has 0 saturated carbocycles. The van der Waals surface area contributed by atoms with Crippen molar-refractivity contribution in [1.29, 1.82) is 0 Å². The molecule has 1 aliphatic heterocycles. The van der Waals surface area contributed by atoms with Crippen LogP contribution < -0.4 is 5.12 Å². The van der Waals surface area contributed by atoms with Gasteiger partial charge in [-0.15, -0.1) is 0 Å². The Morgan fingerprint density at radius 3 is 1.70 bits per heavy atom. The minimum atomic E-state index is -2.31. The van der Waals surface area contributed by atoms with E-state index in [9.17, 15) is 14.4 Å². The first kappa shape index (κ1) is 26.0. The van der Waals surface area contributed by atoms with Gasteiger partial charge < -0.3 is 9.47 Å². The summed E-state index contributed by atoms with van der Waals surface area (Å²) in [5.74, 6) is -3.28. The summed E-state index contributed by atoms with van der Waals surface area (Å²) >= 11 is 3.42. The maximum Gasteiger partial charge on any atom is 0.376 e. The lowest BCUT2D eigenvalue weighted by molar-refractivity contribution is -0.162. The van der Waals surface area contributed by atoms with Crippen LogP contribution in [0.25, 0.3) is 0 Å². The monoisotopic (exact) mass is 561 g/mol. The highest BCUT2D eigenvalue weighted by Crippen LogP contribution is 2.38. The summed E-state index contributed by atoms with van der Waals surface area (Å²) in [6.45, 7) is 3.12. The molecule has 37 heavy (non-hydrogen) atoms. The van der Waals surface area contributed by atoms with Crippen LogP contribution in [0.5, 0.6) is 0 Å². The van der Waals surface area contributed by atoms with Crippen molar-refractivity contribution in [1.82, 2.24) is 0 Å². The zero-order valence-corrected chi connectivity index (χ0v) is 21.8. The van der Waals surface area contributed by atoms with E-state index >= 15 is 0 Å². The average molecular weight is 562 g/mol. The van der Waals surface area contributed by atoms with Crippen molar-refractivity contribution in [2.45, 2.75) is 13.8 Å². The van der Waals surface area contributed by atoms with Gasteiger partial charge in [-0.2, -0.15) is 15.3 Å². The van der Waals surface area contributed by atoms with E-state index in [4.69, 9.17) is 9.47 Å². The summed E-state index contributed by atoms with van der Waals surface area (Å²) in [5, 5.41) is 10.7. The van der Waals surface area contributed by atoms with E-state index in [0.29, 0.717) is 16.8 Å². The van der Waals surface area contributed by atoms with Gasteiger partial charge in [0.15, 0.2) is 0 Å². The van der Waals surface area contributed by atoms with Crippen LogP contribution in [-0.4, -0.2) is 42.4 Å². The zero-order chi connectivity index (χ0) is 26.4. The van der Waals surface area contributed by atoms with Crippen molar-refractivity contribution in [3.8, 4) is 0 Å². The molecule has 0 spiro atoms. The lowest BCUT2D eigenvalue weighted by atomic mass is 9.69. The van der Waals surface area contributed by atoms with Gasteiger partial charge in [0.1, 0.15) is 11.4 Å². The Morgan fingerprint density at radius 2 is 1.24 bits per heavy atom. The molecule has 4 rings (SSSR count). The molecule has 0 amide bonds. The number of hydrazone groups is 2. The smallest absolute Gasteiger partial charge is 0.376 e. The Morgan fingerprint density at radius 1 is 0.757 bits per heavy atom. The molecular formula is C28H24BrN3O5. The quantitative estimate of drug-likeness (QED) is 0.223. The number of halogens is 1. The fourth-order valence-corrected chi connectivity index (χ4v) is 4.26. The molecule has 0 unspecified atom stereocenters. The number of anilines is 1. The van der Waals surface area contributed by atoms with Crippen LogP contribution in [0.2, 0.25) is 0 Å². The van der Waals surface area contributed by atoms with Crippen molar-refractivity contribution in [3.63, 3.8) is 0 Å². The van der Waals surface area contributed by atoms with Crippen molar-refractivity contribution in [3.05, 3.63) is 101 Å². The van der Waals surface area contributed by atoms with E-state index in [1.54, 1.807) is 86.6 Å². The second-order valence-electron chi connectivity index (χ2n) is 7.92. The van der Waals surface area contributed by atoms with Crippen LogP contribution in [0.15, 0.2) is 99.6 Å². The maximum absolute atomic E-state index is 14.0. The standard InChI is InChI=1S/C28H24BrN3O5/c1-3-36-26(34)25(33)28(27(35)37-4-2)23(19-11-7-5-8-12-19)30-32(22-17-15-21(29)16-18-22)31-24(28)20-13-9-6-10-14-20/h5-18H,3-4H2,1-2H3. The topological polar surface area (TPSA) is 97.6 Å². The van der Waals surface area contributed by atoms with Crippen LogP contribution in [0.4, 0.5) is 5.69 Å². The molecule has 0 saturated heterocycles. The molecule has 0 bridgehead atoms. The molecule has 3 aromatic rings. The zero-order valence-electron chi connectivity index (χ0n) is 20.3. The summed E-state index contributed by atoms with van der Waals surface area (Å²) in [5.41, 5.74) is -0.845. The number of carbonyl (C=O) groups is 3. The molecule has 188 valence electrons. The second-order valence-corrected chi connectivity index (χ2v) is 8.83. The Labute approximate surface area is 222 Å². The summed E-state index contributed by atoms with van der Waals surface area (Å²) in [6.07, 6.45) is 0. The molecule has 0 radical (unpaired) electrons.